The lowest BCUT2D eigenvalue weighted by Gasteiger charge is -2.15. The fraction of sp³-hybridized carbons (Fsp3) is 0.600. The van der Waals surface area contributed by atoms with E-state index in [0.29, 0.717) is 5.92 Å². The Morgan fingerprint density at radius 2 is 2.00 bits per heavy atom. The minimum atomic E-state index is 0.514. The molecule has 0 amide bonds. The van der Waals surface area contributed by atoms with Crippen molar-refractivity contribution in [2.45, 2.75) is 52.9 Å². The summed E-state index contributed by atoms with van der Waals surface area (Å²) in [5.41, 5.74) is 2.34. The molecular weight excluding hydrogens is 232 g/mol. The molecule has 0 N–H and O–H groups in total. The van der Waals surface area contributed by atoms with Gasteiger partial charge in [0.2, 0.25) is 0 Å². The number of fused-ring (bicyclic) bond motifs is 1. The van der Waals surface area contributed by atoms with Gasteiger partial charge in [-0.25, -0.2) is 0 Å². The van der Waals surface area contributed by atoms with E-state index in [-0.39, 0.29) is 0 Å². The predicted octanol–water partition coefficient (Wildman–Crippen LogP) is 5.34. The molecule has 0 aromatic heterocycles. The van der Waals surface area contributed by atoms with Crippen LogP contribution in [0.25, 0.3) is 0 Å². The van der Waals surface area contributed by atoms with Gasteiger partial charge in [0.25, 0.3) is 0 Å². The average molecular weight is 255 g/mol. The highest BCUT2D eigenvalue weighted by Gasteiger charge is 2.19. The molecule has 0 saturated carbocycles. The van der Waals surface area contributed by atoms with E-state index in [2.05, 4.69) is 20.8 Å². The van der Waals surface area contributed by atoms with Crippen molar-refractivity contribution in [3.8, 4) is 5.75 Å². The summed E-state index contributed by atoms with van der Waals surface area (Å²) in [4.78, 5) is 0. The number of hydrogen-bond donors (Lipinski definition) is 0. The fourth-order valence-electron chi connectivity index (χ4n) is 1.99. The molecule has 2 rings (SSSR count). The first-order chi connectivity index (χ1) is 8.11. The second-order valence-electron chi connectivity index (χ2n) is 4.71. The molecule has 17 heavy (non-hydrogen) atoms. The van der Waals surface area contributed by atoms with Crippen LogP contribution in [-0.4, -0.2) is 6.61 Å². The molecule has 0 spiro atoms. The van der Waals surface area contributed by atoms with Crippen molar-refractivity contribution >= 4 is 11.6 Å². The molecule has 1 unspecified atom stereocenters. The van der Waals surface area contributed by atoms with Crippen molar-refractivity contribution in [2.75, 3.05) is 6.61 Å². The number of rotatable bonds is 0. The first-order valence-electron chi connectivity index (χ1n) is 6.53. The fourth-order valence-corrected chi connectivity index (χ4v) is 2.33. The molecule has 1 heterocycles. The molecule has 0 bridgehead atoms. The number of aryl methyl sites for hydroxylation is 1. The van der Waals surface area contributed by atoms with Crippen LogP contribution in [-0.2, 0) is 0 Å². The Balaban J connectivity index is 0.000000437. The largest absolute Gasteiger partial charge is 0.493 e. The van der Waals surface area contributed by atoms with Crippen LogP contribution < -0.4 is 4.74 Å². The van der Waals surface area contributed by atoms with Gasteiger partial charge >= 0.3 is 0 Å². The van der Waals surface area contributed by atoms with Crippen molar-refractivity contribution in [1.82, 2.24) is 0 Å². The van der Waals surface area contributed by atoms with Gasteiger partial charge in [0.1, 0.15) is 5.75 Å². The van der Waals surface area contributed by atoms with Gasteiger partial charge in [-0.1, -0.05) is 44.9 Å². The monoisotopic (exact) mass is 254 g/mol. The second kappa shape index (κ2) is 6.90. The third-order valence-corrected chi connectivity index (χ3v) is 3.37. The normalized spacial score (nSPS) is 18.3. The first kappa shape index (κ1) is 14.4. The molecule has 1 nitrogen and oxygen atoms in total. The smallest absolute Gasteiger partial charge is 0.124 e. The summed E-state index contributed by atoms with van der Waals surface area (Å²) in [5, 5.41) is 0.886. The van der Waals surface area contributed by atoms with E-state index in [1.54, 1.807) is 0 Å². The summed E-state index contributed by atoms with van der Waals surface area (Å²) in [6.45, 7) is 9.33. The Kier molecular flexibility index (Phi) is 5.84. The van der Waals surface area contributed by atoms with Crippen LogP contribution in [0.5, 0.6) is 5.75 Å². The lowest BCUT2D eigenvalue weighted by Crippen LogP contribution is -1.96. The third-order valence-electron chi connectivity index (χ3n) is 2.86. The number of halogens is 1. The van der Waals surface area contributed by atoms with Crippen LogP contribution in [0.15, 0.2) is 12.1 Å². The quantitative estimate of drug-likeness (QED) is 0.607. The maximum absolute atomic E-state index is 6.30. The second-order valence-corrected chi connectivity index (χ2v) is 5.09. The van der Waals surface area contributed by atoms with Gasteiger partial charge in [0.05, 0.1) is 11.6 Å². The molecule has 0 radical (unpaired) electrons. The van der Waals surface area contributed by atoms with E-state index >= 15 is 0 Å². The summed E-state index contributed by atoms with van der Waals surface area (Å²) in [7, 11) is 0. The molecule has 1 atom stereocenters. The van der Waals surface area contributed by atoms with Crippen LogP contribution in [0.3, 0.4) is 0 Å². The van der Waals surface area contributed by atoms with Crippen LogP contribution in [0.4, 0.5) is 0 Å². The van der Waals surface area contributed by atoms with Gasteiger partial charge in [0.15, 0.2) is 0 Å². The van der Waals surface area contributed by atoms with Gasteiger partial charge in [-0.3, -0.25) is 0 Å². The Labute approximate surface area is 110 Å². The van der Waals surface area contributed by atoms with Crippen molar-refractivity contribution in [3.63, 3.8) is 0 Å². The van der Waals surface area contributed by atoms with E-state index in [1.165, 1.54) is 12.0 Å². The van der Waals surface area contributed by atoms with Gasteiger partial charge in [-0.2, -0.15) is 0 Å². The summed E-state index contributed by atoms with van der Waals surface area (Å²) in [5.74, 6) is 1.49. The van der Waals surface area contributed by atoms with Gasteiger partial charge < -0.3 is 4.74 Å². The van der Waals surface area contributed by atoms with E-state index in [4.69, 9.17) is 16.3 Å². The zero-order chi connectivity index (χ0) is 12.8. The number of benzene rings is 1. The molecule has 96 valence electrons. The molecule has 2 heteroatoms. The minimum absolute atomic E-state index is 0.514. The lowest BCUT2D eigenvalue weighted by atomic mass is 9.95. The summed E-state index contributed by atoms with van der Waals surface area (Å²) in [6, 6.07) is 4.07. The van der Waals surface area contributed by atoms with E-state index in [9.17, 15) is 0 Å². The van der Waals surface area contributed by atoms with Crippen molar-refractivity contribution in [1.29, 1.82) is 0 Å². The summed E-state index contributed by atoms with van der Waals surface area (Å²) < 4.78 is 5.67. The first-order valence-corrected chi connectivity index (χ1v) is 6.91. The van der Waals surface area contributed by atoms with Crippen LogP contribution in [0.1, 0.15) is 57.1 Å². The number of ether oxygens (including phenoxy) is 1. The molecule has 1 aromatic rings. The average Bonchev–Trinajstić information content (AvgIpc) is 2.47. The van der Waals surface area contributed by atoms with Crippen molar-refractivity contribution in [3.05, 3.63) is 28.3 Å². The van der Waals surface area contributed by atoms with Crippen molar-refractivity contribution in [2.24, 2.45) is 0 Å². The van der Waals surface area contributed by atoms with Gasteiger partial charge in [-0.15, -0.1) is 0 Å². The molecule has 0 aliphatic carbocycles. The molecule has 1 aliphatic heterocycles. The highest BCUT2D eigenvalue weighted by atomic mass is 35.5. The van der Waals surface area contributed by atoms with E-state index in [1.807, 2.05) is 19.1 Å². The molecule has 1 aliphatic rings. The topological polar surface area (TPSA) is 9.23 Å². The SMILES string of the molecule is CCC.Cc1ccc2c(c1Cl)C(C)CCCO2. The Morgan fingerprint density at radius 3 is 2.65 bits per heavy atom. The summed E-state index contributed by atoms with van der Waals surface area (Å²) >= 11 is 6.30. The molecule has 0 saturated heterocycles. The molecular formula is C15H23ClO. The summed E-state index contributed by atoms with van der Waals surface area (Å²) in [6.07, 6.45) is 3.53. The van der Waals surface area contributed by atoms with Gasteiger partial charge in [0, 0.05) is 5.56 Å². The van der Waals surface area contributed by atoms with Crippen LogP contribution >= 0.6 is 11.6 Å². The standard InChI is InChI=1S/C12H15ClO.C3H8/c1-8-4-3-7-14-10-6-5-9(2)12(13)11(8)10;1-3-2/h5-6,8H,3-4,7H2,1-2H3;3H2,1-2H3. The van der Waals surface area contributed by atoms with E-state index in [0.717, 1.165) is 35.8 Å². The Hall–Kier alpha value is -0.690. The molecule has 0 fully saturated rings. The zero-order valence-corrected chi connectivity index (χ0v) is 12.1. The number of hydrogen-bond acceptors (Lipinski definition) is 1. The maximum Gasteiger partial charge on any atom is 0.124 e. The highest BCUT2D eigenvalue weighted by Crippen LogP contribution is 2.39. The Morgan fingerprint density at radius 1 is 1.35 bits per heavy atom. The van der Waals surface area contributed by atoms with Gasteiger partial charge in [-0.05, 0) is 37.3 Å². The van der Waals surface area contributed by atoms with Crippen molar-refractivity contribution < 1.29 is 4.74 Å². The third kappa shape index (κ3) is 3.64. The lowest BCUT2D eigenvalue weighted by molar-refractivity contribution is 0.316. The predicted molar refractivity (Wildman–Crippen MR) is 75.3 cm³/mol. The van der Waals surface area contributed by atoms with E-state index < -0.39 is 0 Å². The molecule has 1 aromatic carbocycles. The zero-order valence-electron chi connectivity index (χ0n) is 11.3. The van der Waals surface area contributed by atoms with Crippen LogP contribution in [0.2, 0.25) is 5.02 Å². The van der Waals surface area contributed by atoms with Crippen LogP contribution in [0, 0.1) is 6.92 Å². The minimum Gasteiger partial charge on any atom is -0.493 e. The maximum atomic E-state index is 6.30. The highest BCUT2D eigenvalue weighted by molar-refractivity contribution is 6.32. The Bertz CT molecular complexity index is 360.